The third-order valence-electron chi connectivity index (χ3n) is 6.00. The first-order valence-corrected chi connectivity index (χ1v) is 12.5. The predicted molar refractivity (Wildman–Crippen MR) is 132 cm³/mol. The van der Waals surface area contributed by atoms with Crippen LogP contribution in [0.3, 0.4) is 0 Å². The Morgan fingerprint density at radius 2 is 1.78 bits per heavy atom. The molecule has 1 aromatic heterocycles. The number of carbonyl (C=O) groups is 1. The molecular weight excluding hydrogens is 440 g/mol. The summed E-state index contributed by atoms with van der Waals surface area (Å²) in [4.78, 5) is 14.8. The summed E-state index contributed by atoms with van der Waals surface area (Å²) in [5.74, 6) is 2.31. The van der Waals surface area contributed by atoms with Crippen molar-refractivity contribution >= 4 is 29.3 Å². The third kappa shape index (κ3) is 5.02. The van der Waals surface area contributed by atoms with E-state index in [4.69, 9.17) is 11.6 Å². The smallest absolute Gasteiger partial charge is 0.233 e. The van der Waals surface area contributed by atoms with Crippen LogP contribution in [0.15, 0.2) is 53.7 Å². The second-order valence-electron chi connectivity index (χ2n) is 8.71. The van der Waals surface area contributed by atoms with E-state index in [0.29, 0.717) is 22.6 Å². The van der Waals surface area contributed by atoms with E-state index in [1.54, 1.807) is 0 Å². The van der Waals surface area contributed by atoms with Crippen LogP contribution in [0, 0.1) is 5.92 Å². The molecule has 4 rings (SSSR count). The molecule has 5 nitrogen and oxygen atoms in total. The van der Waals surface area contributed by atoms with E-state index in [9.17, 15) is 4.79 Å². The number of likely N-dealkylation sites (tertiary alicyclic amines) is 1. The average Bonchev–Trinajstić information content (AvgIpc) is 3.22. The highest BCUT2D eigenvalue weighted by Crippen LogP contribution is 2.32. The Balaban J connectivity index is 1.67. The molecule has 32 heavy (non-hydrogen) atoms. The van der Waals surface area contributed by atoms with E-state index in [-0.39, 0.29) is 5.91 Å². The highest BCUT2D eigenvalue weighted by atomic mass is 35.5. The molecule has 2 aromatic carbocycles. The van der Waals surface area contributed by atoms with Gasteiger partial charge in [-0.3, -0.25) is 9.36 Å². The monoisotopic (exact) mass is 468 g/mol. The summed E-state index contributed by atoms with van der Waals surface area (Å²) in [6, 6.07) is 15.9. The molecule has 0 unspecified atom stereocenters. The molecule has 1 saturated heterocycles. The van der Waals surface area contributed by atoms with E-state index in [1.165, 1.54) is 17.3 Å². The minimum atomic E-state index is 0.168. The van der Waals surface area contributed by atoms with Gasteiger partial charge in [0, 0.05) is 23.7 Å². The van der Waals surface area contributed by atoms with Crippen LogP contribution in [0.4, 0.5) is 0 Å². The van der Waals surface area contributed by atoms with Gasteiger partial charge in [-0.25, -0.2) is 0 Å². The fourth-order valence-corrected chi connectivity index (χ4v) is 5.00. The Kier molecular flexibility index (Phi) is 7.21. The van der Waals surface area contributed by atoms with Gasteiger partial charge in [0.05, 0.1) is 11.4 Å². The van der Waals surface area contributed by atoms with Gasteiger partial charge in [0.2, 0.25) is 5.91 Å². The normalized spacial score (nSPS) is 14.8. The fourth-order valence-electron chi connectivity index (χ4n) is 4.02. The summed E-state index contributed by atoms with van der Waals surface area (Å²) in [5.41, 5.74) is 3.18. The molecule has 7 heteroatoms. The number of aromatic nitrogens is 3. The molecule has 0 atom stereocenters. The summed E-state index contributed by atoms with van der Waals surface area (Å²) in [6.45, 7) is 8.31. The lowest BCUT2D eigenvalue weighted by Crippen LogP contribution is -2.38. The Hall–Kier alpha value is -2.31. The molecule has 3 aromatic rings. The summed E-state index contributed by atoms with van der Waals surface area (Å²) in [6.07, 6.45) is 2.16. The van der Waals surface area contributed by atoms with Crippen molar-refractivity contribution in [1.29, 1.82) is 0 Å². The number of halogens is 1. The van der Waals surface area contributed by atoms with Gasteiger partial charge < -0.3 is 4.90 Å². The summed E-state index contributed by atoms with van der Waals surface area (Å²) < 4.78 is 2.08. The van der Waals surface area contributed by atoms with Gasteiger partial charge in [0.15, 0.2) is 11.0 Å². The highest BCUT2D eigenvalue weighted by Gasteiger charge is 2.23. The highest BCUT2D eigenvalue weighted by molar-refractivity contribution is 7.99. The lowest BCUT2D eigenvalue weighted by atomic mass is 9.99. The quantitative estimate of drug-likeness (QED) is 0.412. The first kappa shape index (κ1) is 22.9. The molecule has 0 N–H and O–H groups in total. The molecule has 0 spiro atoms. The van der Waals surface area contributed by atoms with Crippen molar-refractivity contribution in [2.45, 2.75) is 44.7 Å². The number of para-hydroxylation sites is 1. The van der Waals surface area contributed by atoms with E-state index < -0.39 is 0 Å². The van der Waals surface area contributed by atoms with Crippen LogP contribution in [-0.4, -0.2) is 44.4 Å². The molecule has 2 heterocycles. The zero-order valence-electron chi connectivity index (χ0n) is 18.8. The maximum Gasteiger partial charge on any atom is 0.233 e. The molecule has 0 aliphatic carbocycles. The Labute approximate surface area is 199 Å². The Morgan fingerprint density at radius 3 is 2.47 bits per heavy atom. The van der Waals surface area contributed by atoms with E-state index in [2.05, 4.69) is 53.7 Å². The minimum absolute atomic E-state index is 0.168. The molecule has 1 amide bonds. The predicted octanol–water partition coefficient (Wildman–Crippen LogP) is 6.06. The number of nitrogens with zero attached hydrogens (tertiary/aromatic N) is 4. The van der Waals surface area contributed by atoms with Crippen molar-refractivity contribution in [2.75, 3.05) is 18.8 Å². The van der Waals surface area contributed by atoms with Crippen LogP contribution < -0.4 is 0 Å². The second kappa shape index (κ2) is 10.1. The first-order chi connectivity index (χ1) is 15.4. The molecule has 1 fully saturated rings. The Morgan fingerprint density at radius 1 is 1.09 bits per heavy atom. The SMILES string of the molecule is CC1CCN(C(=O)CSc2nnc(-c3ccc(Cl)cc3)n2-c2ccccc2C(C)C)CC1. The number of amides is 1. The van der Waals surface area contributed by atoms with Crippen LogP contribution >= 0.6 is 23.4 Å². The van der Waals surface area contributed by atoms with Crippen molar-refractivity contribution in [3.05, 3.63) is 59.1 Å². The van der Waals surface area contributed by atoms with Gasteiger partial charge in [-0.1, -0.05) is 62.3 Å². The number of hydrogen-bond acceptors (Lipinski definition) is 4. The van der Waals surface area contributed by atoms with E-state index in [0.717, 1.165) is 48.2 Å². The molecule has 0 radical (unpaired) electrons. The van der Waals surface area contributed by atoms with Crippen molar-refractivity contribution < 1.29 is 4.79 Å². The molecule has 0 bridgehead atoms. The van der Waals surface area contributed by atoms with Crippen molar-refractivity contribution in [3.8, 4) is 17.1 Å². The minimum Gasteiger partial charge on any atom is -0.342 e. The standard InChI is InChI=1S/C25H29ClN4OS/c1-17(2)21-6-4-5-7-22(21)30-24(19-8-10-20(26)11-9-19)27-28-25(30)32-16-23(31)29-14-12-18(3)13-15-29/h4-11,17-18H,12-16H2,1-3H3. The third-order valence-corrected chi connectivity index (χ3v) is 7.16. The van der Waals surface area contributed by atoms with Crippen LogP contribution in [0.5, 0.6) is 0 Å². The molecule has 0 saturated carbocycles. The van der Waals surface area contributed by atoms with Crippen molar-refractivity contribution in [2.24, 2.45) is 5.92 Å². The van der Waals surface area contributed by atoms with Crippen LogP contribution in [-0.2, 0) is 4.79 Å². The van der Waals surface area contributed by atoms with Crippen molar-refractivity contribution in [3.63, 3.8) is 0 Å². The maximum atomic E-state index is 12.8. The van der Waals surface area contributed by atoms with Gasteiger partial charge in [-0.2, -0.15) is 0 Å². The number of thioether (sulfide) groups is 1. The van der Waals surface area contributed by atoms with Gasteiger partial charge in [-0.15, -0.1) is 10.2 Å². The fraction of sp³-hybridized carbons (Fsp3) is 0.400. The van der Waals surface area contributed by atoms with Gasteiger partial charge in [-0.05, 0) is 60.6 Å². The topological polar surface area (TPSA) is 51.0 Å². The molecule has 1 aliphatic heterocycles. The lowest BCUT2D eigenvalue weighted by Gasteiger charge is -2.30. The van der Waals surface area contributed by atoms with Crippen LogP contribution in [0.2, 0.25) is 5.02 Å². The summed E-state index contributed by atoms with van der Waals surface area (Å²) in [7, 11) is 0. The van der Waals surface area contributed by atoms with E-state index in [1.807, 2.05) is 35.2 Å². The number of carbonyl (C=O) groups excluding carboxylic acids is 1. The summed E-state index contributed by atoms with van der Waals surface area (Å²) >= 11 is 7.56. The number of benzene rings is 2. The maximum absolute atomic E-state index is 12.8. The summed E-state index contributed by atoms with van der Waals surface area (Å²) in [5, 5.41) is 10.4. The van der Waals surface area contributed by atoms with Crippen molar-refractivity contribution in [1.82, 2.24) is 19.7 Å². The largest absolute Gasteiger partial charge is 0.342 e. The lowest BCUT2D eigenvalue weighted by molar-refractivity contribution is -0.129. The zero-order valence-corrected chi connectivity index (χ0v) is 20.4. The average molecular weight is 469 g/mol. The van der Waals surface area contributed by atoms with E-state index >= 15 is 0 Å². The van der Waals surface area contributed by atoms with Gasteiger partial charge in [0.1, 0.15) is 0 Å². The number of rotatable bonds is 6. The molecular formula is C25H29ClN4OS. The molecule has 168 valence electrons. The van der Waals surface area contributed by atoms with Crippen LogP contribution in [0.1, 0.15) is 45.1 Å². The van der Waals surface area contributed by atoms with Gasteiger partial charge >= 0.3 is 0 Å². The number of hydrogen-bond donors (Lipinski definition) is 0. The van der Waals surface area contributed by atoms with Crippen LogP contribution in [0.25, 0.3) is 17.1 Å². The number of piperidine rings is 1. The first-order valence-electron chi connectivity index (χ1n) is 11.1. The Bertz CT molecular complexity index is 1070. The molecule has 1 aliphatic rings. The van der Waals surface area contributed by atoms with Gasteiger partial charge in [0.25, 0.3) is 0 Å². The zero-order chi connectivity index (χ0) is 22.7. The second-order valence-corrected chi connectivity index (χ2v) is 10.1.